The molecular weight excluding hydrogens is 406 g/mol. The van der Waals surface area contributed by atoms with E-state index in [0.717, 1.165) is 16.0 Å². The Hall–Kier alpha value is -3.39. The summed E-state index contributed by atoms with van der Waals surface area (Å²) in [6.07, 6.45) is 0. The number of sulfone groups is 1. The molecule has 0 radical (unpaired) electrons. The first-order chi connectivity index (χ1) is 14.3. The zero-order valence-corrected chi connectivity index (χ0v) is 17.1. The normalized spacial score (nSPS) is 11.2. The van der Waals surface area contributed by atoms with Crippen molar-refractivity contribution in [2.24, 2.45) is 0 Å². The molecule has 0 saturated heterocycles. The predicted molar refractivity (Wildman–Crippen MR) is 110 cm³/mol. The quantitative estimate of drug-likeness (QED) is 0.591. The summed E-state index contributed by atoms with van der Waals surface area (Å²) in [6.45, 7) is 1.46. The second-order valence-electron chi connectivity index (χ2n) is 6.82. The molecule has 0 fully saturated rings. The number of carboxylic acids is 1. The Morgan fingerprint density at radius 1 is 0.967 bits per heavy atom. The maximum absolute atomic E-state index is 12.9. The summed E-state index contributed by atoms with van der Waals surface area (Å²) in [5.41, 5.74) is 1.74. The van der Waals surface area contributed by atoms with Crippen LogP contribution in [0.4, 0.5) is 0 Å². The molecule has 0 atom stereocenters. The summed E-state index contributed by atoms with van der Waals surface area (Å²) in [6, 6.07) is 18.1. The Kier molecular flexibility index (Phi) is 6.37. The smallest absolute Gasteiger partial charge is 0.323 e. The topological polar surface area (TPSA) is 105 Å². The molecule has 1 aromatic heterocycles. The number of aliphatic carboxylic acids is 1. The van der Waals surface area contributed by atoms with Crippen molar-refractivity contribution in [3.05, 3.63) is 89.4 Å². The van der Waals surface area contributed by atoms with Gasteiger partial charge in [0.1, 0.15) is 18.1 Å². The Morgan fingerprint density at radius 3 is 2.30 bits per heavy atom. The lowest BCUT2D eigenvalue weighted by molar-refractivity contribution is -0.137. The molecular formula is C22H21NO6S. The fourth-order valence-electron chi connectivity index (χ4n) is 2.98. The zero-order chi connectivity index (χ0) is 21.7. The molecule has 0 spiro atoms. The molecule has 7 nitrogen and oxygen atoms in total. The highest BCUT2D eigenvalue weighted by Crippen LogP contribution is 2.20. The molecule has 3 aromatic rings. The van der Waals surface area contributed by atoms with E-state index >= 15 is 0 Å². The van der Waals surface area contributed by atoms with Crippen LogP contribution in [0.15, 0.2) is 76.0 Å². The van der Waals surface area contributed by atoms with Gasteiger partial charge in [-0.3, -0.25) is 9.59 Å². The van der Waals surface area contributed by atoms with E-state index in [2.05, 4.69) is 0 Å². The number of benzene rings is 2. The third kappa shape index (κ3) is 5.15. The van der Waals surface area contributed by atoms with E-state index in [1.165, 1.54) is 24.3 Å². The van der Waals surface area contributed by atoms with Crippen LogP contribution >= 0.6 is 0 Å². The van der Waals surface area contributed by atoms with Gasteiger partial charge >= 0.3 is 5.97 Å². The molecule has 3 rings (SSSR count). The first kappa shape index (κ1) is 21.3. The highest BCUT2D eigenvalue weighted by atomic mass is 32.2. The van der Waals surface area contributed by atoms with Gasteiger partial charge in [-0.15, -0.1) is 0 Å². The van der Waals surface area contributed by atoms with Crippen LogP contribution in [0.1, 0.15) is 27.4 Å². The minimum atomic E-state index is -3.63. The summed E-state index contributed by atoms with van der Waals surface area (Å²) in [5.74, 6) is -2.18. The second-order valence-corrected chi connectivity index (χ2v) is 8.81. The zero-order valence-electron chi connectivity index (χ0n) is 16.3. The lowest BCUT2D eigenvalue weighted by Gasteiger charge is -2.20. The SMILES string of the molecule is Cc1ccccc1CN(CC(=O)O)C(=O)c1ccc(CS(=O)(=O)c2ccccc2)o1. The third-order valence-corrected chi connectivity index (χ3v) is 6.20. The van der Waals surface area contributed by atoms with Crippen molar-refractivity contribution in [3.8, 4) is 0 Å². The Balaban J connectivity index is 1.80. The number of aryl methyl sites for hydroxylation is 1. The van der Waals surface area contributed by atoms with Gasteiger partial charge in [0, 0.05) is 6.54 Å². The summed E-state index contributed by atoms with van der Waals surface area (Å²) in [4.78, 5) is 25.4. The summed E-state index contributed by atoms with van der Waals surface area (Å²) in [7, 11) is -3.63. The van der Waals surface area contributed by atoms with Gasteiger partial charge in [-0.25, -0.2) is 8.42 Å². The lowest BCUT2D eigenvalue weighted by Crippen LogP contribution is -2.35. The number of carboxylic acid groups (broad SMARTS) is 1. The number of amides is 1. The largest absolute Gasteiger partial charge is 0.480 e. The van der Waals surface area contributed by atoms with Crippen LogP contribution in [0, 0.1) is 6.92 Å². The molecule has 0 bridgehead atoms. The molecule has 1 amide bonds. The van der Waals surface area contributed by atoms with Crippen molar-refractivity contribution < 1.29 is 27.5 Å². The van der Waals surface area contributed by atoms with Gasteiger partial charge in [-0.1, -0.05) is 42.5 Å². The Morgan fingerprint density at radius 2 is 1.63 bits per heavy atom. The number of carbonyl (C=O) groups is 2. The van der Waals surface area contributed by atoms with Gasteiger partial charge in [-0.2, -0.15) is 0 Å². The van der Waals surface area contributed by atoms with Crippen molar-refractivity contribution in [2.75, 3.05) is 6.54 Å². The highest BCUT2D eigenvalue weighted by molar-refractivity contribution is 7.90. The molecule has 0 aliphatic rings. The molecule has 2 aromatic carbocycles. The first-order valence-electron chi connectivity index (χ1n) is 9.18. The number of hydrogen-bond acceptors (Lipinski definition) is 5. The van der Waals surface area contributed by atoms with Crippen LogP contribution in [0.5, 0.6) is 0 Å². The number of nitrogens with zero attached hydrogens (tertiary/aromatic N) is 1. The van der Waals surface area contributed by atoms with Crippen molar-refractivity contribution >= 4 is 21.7 Å². The number of hydrogen-bond donors (Lipinski definition) is 1. The monoisotopic (exact) mass is 427 g/mol. The standard InChI is InChI=1S/C22H21NO6S/c1-16-7-5-6-8-17(16)13-23(14-21(24)25)22(26)20-12-11-18(29-20)15-30(27,28)19-9-3-2-4-10-19/h2-12H,13-15H2,1H3,(H,24,25). The average Bonchev–Trinajstić information content (AvgIpc) is 3.16. The van der Waals surface area contributed by atoms with E-state index in [1.807, 2.05) is 31.2 Å². The van der Waals surface area contributed by atoms with Crippen LogP contribution < -0.4 is 0 Å². The molecule has 156 valence electrons. The second kappa shape index (κ2) is 8.96. The minimum Gasteiger partial charge on any atom is -0.480 e. The Bertz CT molecular complexity index is 1150. The molecule has 0 saturated carbocycles. The van der Waals surface area contributed by atoms with E-state index in [0.29, 0.717) is 0 Å². The molecule has 0 aliphatic carbocycles. The molecule has 0 unspecified atom stereocenters. The van der Waals surface area contributed by atoms with E-state index in [1.54, 1.807) is 18.2 Å². The van der Waals surface area contributed by atoms with Gasteiger partial charge in [0.25, 0.3) is 5.91 Å². The van der Waals surface area contributed by atoms with E-state index in [4.69, 9.17) is 4.42 Å². The predicted octanol–water partition coefficient (Wildman–Crippen LogP) is 3.29. The van der Waals surface area contributed by atoms with E-state index in [-0.39, 0.29) is 23.0 Å². The van der Waals surface area contributed by atoms with Crippen LogP contribution in [0.2, 0.25) is 0 Å². The van der Waals surface area contributed by atoms with Crippen LogP contribution in [-0.4, -0.2) is 36.8 Å². The number of carbonyl (C=O) groups excluding carboxylic acids is 1. The molecule has 1 heterocycles. The third-order valence-electron chi connectivity index (χ3n) is 4.54. The van der Waals surface area contributed by atoms with E-state index < -0.39 is 34.0 Å². The minimum absolute atomic E-state index is 0.0934. The first-order valence-corrected chi connectivity index (χ1v) is 10.8. The van der Waals surface area contributed by atoms with Gasteiger partial charge in [0.15, 0.2) is 15.6 Å². The van der Waals surface area contributed by atoms with Crippen molar-refractivity contribution in [1.29, 1.82) is 0 Å². The van der Waals surface area contributed by atoms with Crippen LogP contribution in [-0.2, 0) is 26.9 Å². The van der Waals surface area contributed by atoms with Crippen molar-refractivity contribution in [3.63, 3.8) is 0 Å². The van der Waals surface area contributed by atoms with Gasteiger partial charge < -0.3 is 14.4 Å². The molecule has 30 heavy (non-hydrogen) atoms. The maximum Gasteiger partial charge on any atom is 0.323 e. The fourth-order valence-corrected chi connectivity index (χ4v) is 4.25. The summed E-state index contributed by atoms with van der Waals surface area (Å²) in [5, 5.41) is 9.21. The molecule has 8 heteroatoms. The van der Waals surface area contributed by atoms with Gasteiger partial charge in [0.2, 0.25) is 0 Å². The van der Waals surface area contributed by atoms with Gasteiger partial charge in [0.05, 0.1) is 4.90 Å². The lowest BCUT2D eigenvalue weighted by atomic mass is 10.1. The maximum atomic E-state index is 12.9. The molecule has 0 aliphatic heterocycles. The van der Waals surface area contributed by atoms with Gasteiger partial charge in [-0.05, 0) is 42.3 Å². The van der Waals surface area contributed by atoms with Crippen LogP contribution in [0.25, 0.3) is 0 Å². The van der Waals surface area contributed by atoms with Crippen molar-refractivity contribution in [2.45, 2.75) is 24.1 Å². The number of rotatable bonds is 8. The highest BCUT2D eigenvalue weighted by Gasteiger charge is 2.24. The van der Waals surface area contributed by atoms with Crippen LogP contribution in [0.3, 0.4) is 0 Å². The van der Waals surface area contributed by atoms with E-state index in [9.17, 15) is 23.1 Å². The summed E-state index contributed by atoms with van der Waals surface area (Å²) >= 11 is 0. The van der Waals surface area contributed by atoms with Crippen molar-refractivity contribution in [1.82, 2.24) is 4.90 Å². The molecule has 1 N–H and O–H groups in total. The average molecular weight is 427 g/mol. The fraction of sp³-hybridized carbons (Fsp3) is 0.182. The Labute approximate surface area is 174 Å². The number of furan rings is 1. The summed E-state index contributed by atoms with van der Waals surface area (Å²) < 4.78 is 30.5.